The number of hydrogen-bond acceptors (Lipinski definition) is 4. The Morgan fingerprint density at radius 3 is 2.92 bits per heavy atom. The molecule has 0 radical (unpaired) electrons. The van der Waals surface area contributed by atoms with Crippen molar-refractivity contribution in [3.63, 3.8) is 0 Å². The van der Waals surface area contributed by atoms with Crippen LogP contribution in [0.25, 0.3) is 0 Å². The zero-order chi connectivity index (χ0) is 17.5. The molecule has 0 aromatic heterocycles. The maximum atomic E-state index is 12.1. The number of carbonyl (C=O) groups is 1. The lowest BCUT2D eigenvalue weighted by Crippen LogP contribution is -2.37. The number of hydrogen-bond donors (Lipinski definition) is 1. The van der Waals surface area contributed by atoms with E-state index in [-0.39, 0.29) is 22.4 Å². The maximum absolute atomic E-state index is 12.1. The van der Waals surface area contributed by atoms with Gasteiger partial charge in [-0.2, -0.15) is 0 Å². The fourth-order valence-electron chi connectivity index (χ4n) is 2.60. The first-order valence-corrected chi connectivity index (χ1v) is 8.41. The van der Waals surface area contributed by atoms with Crippen molar-refractivity contribution in [1.29, 1.82) is 0 Å². The molecule has 2 rings (SSSR count). The highest BCUT2D eigenvalue weighted by atomic mass is 35.5. The number of carbonyl (C=O) groups excluding carboxylic acids is 1. The minimum atomic E-state index is -0.829. The van der Waals surface area contributed by atoms with Crippen LogP contribution in [0.4, 0.5) is 5.69 Å². The van der Waals surface area contributed by atoms with Gasteiger partial charge in [-0.15, -0.1) is 0 Å². The zero-order valence-corrected chi connectivity index (χ0v) is 14.3. The quantitative estimate of drug-likeness (QED) is 0.456. The molecule has 130 valence electrons. The molecule has 0 saturated heterocycles. The van der Waals surface area contributed by atoms with Crippen LogP contribution in [-0.4, -0.2) is 23.5 Å². The second kappa shape index (κ2) is 8.68. The van der Waals surface area contributed by atoms with Crippen LogP contribution in [0.1, 0.15) is 39.0 Å². The van der Waals surface area contributed by atoms with Gasteiger partial charge >= 0.3 is 5.69 Å². The molecule has 1 aromatic rings. The number of nitro groups is 1. The Bertz CT molecular complexity index is 645. The predicted molar refractivity (Wildman–Crippen MR) is 92.4 cm³/mol. The summed E-state index contributed by atoms with van der Waals surface area (Å²) in [7, 11) is 0. The second-order valence-electron chi connectivity index (χ2n) is 5.78. The van der Waals surface area contributed by atoms with Gasteiger partial charge in [-0.25, -0.2) is 0 Å². The molecular weight excluding hydrogens is 332 g/mol. The second-order valence-corrected chi connectivity index (χ2v) is 6.21. The molecule has 1 aliphatic rings. The summed E-state index contributed by atoms with van der Waals surface area (Å²) in [5.41, 5.74) is 1.12. The molecule has 0 spiro atoms. The average molecular weight is 353 g/mol. The van der Waals surface area contributed by atoms with Crippen LogP contribution in [0.15, 0.2) is 29.8 Å². The summed E-state index contributed by atoms with van der Waals surface area (Å²) < 4.78 is 5.44. The molecule has 1 aromatic carbocycles. The van der Waals surface area contributed by atoms with E-state index in [1.54, 1.807) is 6.92 Å². The smallest absolute Gasteiger partial charge is 0.312 e. The van der Waals surface area contributed by atoms with Crippen LogP contribution < -0.4 is 10.1 Å². The number of allylic oxidation sites excluding steroid dienone is 1. The molecule has 24 heavy (non-hydrogen) atoms. The van der Waals surface area contributed by atoms with Gasteiger partial charge in [0.05, 0.1) is 4.92 Å². The van der Waals surface area contributed by atoms with E-state index in [1.807, 2.05) is 0 Å². The van der Waals surface area contributed by atoms with Crippen molar-refractivity contribution < 1.29 is 14.5 Å². The van der Waals surface area contributed by atoms with Crippen LogP contribution in [0, 0.1) is 10.1 Å². The largest absolute Gasteiger partial charge is 0.474 e. The van der Waals surface area contributed by atoms with Gasteiger partial charge in [0.15, 0.2) is 11.9 Å². The zero-order valence-electron chi connectivity index (χ0n) is 13.6. The third-order valence-corrected chi connectivity index (χ3v) is 4.16. The number of nitrogens with zero attached hydrogens (tertiary/aromatic N) is 1. The van der Waals surface area contributed by atoms with E-state index >= 15 is 0 Å². The molecule has 7 heteroatoms. The third kappa shape index (κ3) is 5.23. The van der Waals surface area contributed by atoms with Crippen molar-refractivity contribution in [2.24, 2.45) is 0 Å². The lowest BCUT2D eigenvalue weighted by Gasteiger charge is -2.16. The molecular formula is C17H21ClN2O4. The molecule has 1 amide bonds. The standard InChI is InChI=1S/C17H21ClN2O4/c1-12(17(21)19-10-9-13-5-3-2-4-6-13)24-16-8-7-14(18)11-15(16)20(22)23/h5,7-8,11-12H,2-4,6,9-10H2,1H3,(H,19,21)/t12-/m0/s1. The molecule has 1 atom stereocenters. The van der Waals surface area contributed by atoms with Crippen LogP contribution in [0.3, 0.4) is 0 Å². The van der Waals surface area contributed by atoms with Gasteiger partial charge in [-0.1, -0.05) is 23.3 Å². The summed E-state index contributed by atoms with van der Waals surface area (Å²) in [6.07, 6.45) is 6.90. The van der Waals surface area contributed by atoms with Crippen LogP contribution in [0.5, 0.6) is 5.75 Å². The number of nitrogens with one attached hydrogen (secondary N) is 1. The summed E-state index contributed by atoms with van der Waals surface area (Å²) in [6, 6.07) is 4.10. The van der Waals surface area contributed by atoms with E-state index in [9.17, 15) is 14.9 Å². The number of nitro benzene ring substituents is 1. The van der Waals surface area contributed by atoms with E-state index in [4.69, 9.17) is 16.3 Å². The fourth-order valence-corrected chi connectivity index (χ4v) is 2.76. The molecule has 0 aliphatic heterocycles. The van der Waals surface area contributed by atoms with E-state index in [0.717, 1.165) is 19.3 Å². The first-order chi connectivity index (χ1) is 11.5. The highest BCUT2D eigenvalue weighted by Gasteiger charge is 2.21. The van der Waals surface area contributed by atoms with Crippen LogP contribution in [-0.2, 0) is 4.79 Å². The minimum Gasteiger partial charge on any atom is -0.474 e. The molecule has 0 fully saturated rings. The van der Waals surface area contributed by atoms with Crippen molar-refractivity contribution in [3.8, 4) is 5.75 Å². The number of halogens is 1. The molecule has 1 aliphatic carbocycles. The minimum absolute atomic E-state index is 0.0297. The number of ether oxygens (including phenoxy) is 1. The fraction of sp³-hybridized carbons (Fsp3) is 0.471. The first kappa shape index (κ1) is 18.3. The Kier molecular flexibility index (Phi) is 6.61. The molecule has 0 unspecified atom stereocenters. The number of rotatable bonds is 7. The van der Waals surface area contributed by atoms with Crippen molar-refractivity contribution in [2.45, 2.75) is 45.1 Å². The van der Waals surface area contributed by atoms with E-state index in [2.05, 4.69) is 11.4 Å². The lowest BCUT2D eigenvalue weighted by molar-refractivity contribution is -0.386. The SMILES string of the molecule is C[C@H](Oc1ccc(Cl)cc1[N+](=O)[O-])C(=O)NCCC1=CCCCC1. The van der Waals surface area contributed by atoms with Crippen molar-refractivity contribution >= 4 is 23.2 Å². The highest BCUT2D eigenvalue weighted by Crippen LogP contribution is 2.30. The van der Waals surface area contributed by atoms with Gasteiger partial charge in [0.25, 0.3) is 5.91 Å². The Hall–Kier alpha value is -2.08. The molecule has 6 nitrogen and oxygen atoms in total. The van der Waals surface area contributed by atoms with E-state index in [1.165, 1.54) is 36.6 Å². The van der Waals surface area contributed by atoms with Gasteiger partial charge in [0.1, 0.15) is 0 Å². The first-order valence-electron chi connectivity index (χ1n) is 8.03. The van der Waals surface area contributed by atoms with Crippen LogP contribution >= 0.6 is 11.6 Å². The van der Waals surface area contributed by atoms with Gasteiger partial charge in [0.2, 0.25) is 0 Å². The number of benzene rings is 1. The summed E-state index contributed by atoms with van der Waals surface area (Å²) >= 11 is 5.76. The Labute approximate surface area is 146 Å². The van der Waals surface area contributed by atoms with Crippen molar-refractivity contribution in [2.75, 3.05) is 6.54 Å². The average Bonchev–Trinajstić information content (AvgIpc) is 2.57. The van der Waals surface area contributed by atoms with Crippen molar-refractivity contribution in [1.82, 2.24) is 5.32 Å². The van der Waals surface area contributed by atoms with Crippen molar-refractivity contribution in [3.05, 3.63) is 45.0 Å². The molecule has 0 saturated carbocycles. The van der Waals surface area contributed by atoms with E-state index < -0.39 is 11.0 Å². The van der Waals surface area contributed by atoms with E-state index in [0.29, 0.717) is 6.54 Å². The van der Waals surface area contributed by atoms with Gasteiger partial charge in [-0.05, 0) is 51.2 Å². The molecule has 0 bridgehead atoms. The normalized spacial score (nSPS) is 15.3. The summed E-state index contributed by atoms with van der Waals surface area (Å²) in [5.74, 6) is -0.266. The monoisotopic (exact) mass is 352 g/mol. The van der Waals surface area contributed by atoms with Gasteiger partial charge < -0.3 is 10.1 Å². The van der Waals surface area contributed by atoms with Gasteiger partial charge in [0, 0.05) is 17.6 Å². The summed E-state index contributed by atoms with van der Waals surface area (Å²) in [6.45, 7) is 2.11. The summed E-state index contributed by atoms with van der Waals surface area (Å²) in [4.78, 5) is 22.5. The molecule has 1 N–H and O–H groups in total. The van der Waals surface area contributed by atoms with Gasteiger partial charge in [-0.3, -0.25) is 14.9 Å². The molecule has 0 heterocycles. The topological polar surface area (TPSA) is 81.5 Å². The highest BCUT2D eigenvalue weighted by molar-refractivity contribution is 6.30. The predicted octanol–water partition coefficient (Wildman–Crippen LogP) is 4.02. The Morgan fingerprint density at radius 1 is 1.46 bits per heavy atom. The summed E-state index contributed by atoms with van der Waals surface area (Å²) in [5, 5.41) is 14.1. The third-order valence-electron chi connectivity index (χ3n) is 3.92. The number of amides is 1. The Morgan fingerprint density at radius 2 is 2.25 bits per heavy atom. The maximum Gasteiger partial charge on any atom is 0.312 e. The Balaban J connectivity index is 1.87. The van der Waals surface area contributed by atoms with Crippen LogP contribution in [0.2, 0.25) is 5.02 Å². The lowest BCUT2D eigenvalue weighted by atomic mass is 9.97.